The molecule has 0 saturated carbocycles. The predicted molar refractivity (Wildman–Crippen MR) is 171 cm³/mol. The van der Waals surface area contributed by atoms with Crippen LogP contribution in [-0.4, -0.2) is 56.9 Å². The van der Waals surface area contributed by atoms with Gasteiger partial charge in [-0.15, -0.1) is 5.10 Å². The summed E-state index contributed by atoms with van der Waals surface area (Å²) in [6.45, 7) is 5.66. The van der Waals surface area contributed by atoms with Gasteiger partial charge in [0.2, 0.25) is 8.41 Å². The van der Waals surface area contributed by atoms with Crippen LogP contribution in [0, 0.1) is 5.92 Å². The maximum Gasteiger partial charge on any atom is 0.279 e. The van der Waals surface area contributed by atoms with Crippen LogP contribution in [0.25, 0.3) is 16.6 Å². The van der Waals surface area contributed by atoms with Crippen molar-refractivity contribution in [1.29, 1.82) is 0 Å². The minimum absolute atomic E-state index is 0.0275. The summed E-state index contributed by atoms with van der Waals surface area (Å²) in [5.74, 6) is -0.765. The first kappa shape index (κ1) is 29.3. The number of aromatic nitrogens is 5. The zero-order valence-electron chi connectivity index (χ0n) is 25.4. The molecule has 2 aliphatic rings. The van der Waals surface area contributed by atoms with Crippen molar-refractivity contribution in [2.75, 3.05) is 11.5 Å². The highest BCUT2D eigenvalue weighted by Crippen LogP contribution is 2.61. The van der Waals surface area contributed by atoms with Crippen molar-refractivity contribution in [1.82, 2.24) is 24.8 Å². The summed E-state index contributed by atoms with van der Waals surface area (Å²) >= 11 is 0. The van der Waals surface area contributed by atoms with Gasteiger partial charge >= 0.3 is 0 Å². The number of nitrogens with one attached hydrogen (secondary N) is 1. The first-order valence-corrected chi connectivity index (χ1v) is 18.2. The number of H-pyrrole nitrogens is 1. The highest BCUT2D eigenvalue weighted by atomic mass is 28.4. The van der Waals surface area contributed by atoms with Crippen LogP contribution in [-0.2, 0) is 28.1 Å². The molecule has 2 aliphatic heterocycles. The third-order valence-corrected chi connectivity index (χ3v) is 11.8. The smallest absolute Gasteiger partial charge is 0.279 e. The molecule has 4 heterocycles. The Balaban J connectivity index is 1.35. The quantitative estimate of drug-likeness (QED) is 0.185. The van der Waals surface area contributed by atoms with Gasteiger partial charge in [-0.05, 0) is 62.0 Å². The number of aryl methyl sites for hydroxylation is 1. The lowest BCUT2D eigenvalue weighted by atomic mass is 9.82. The fourth-order valence-corrected chi connectivity index (χ4v) is 9.92. The second-order valence-electron chi connectivity index (χ2n) is 12.5. The van der Waals surface area contributed by atoms with E-state index in [1.54, 1.807) is 34.9 Å². The minimum atomic E-state index is -3.39. The molecule has 0 aliphatic carbocycles. The Labute approximate surface area is 260 Å². The number of rotatable bonds is 8. The van der Waals surface area contributed by atoms with E-state index in [0.29, 0.717) is 58.6 Å². The summed E-state index contributed by atoms with van der Waals surface area (Å²) in [6.07, 6.45) is 2.03. The highest BCUT2D eigenvalue weighted by molar-refractivity contribution is 6.72. The van der Waals surface area contributed by atoms with Gasteiger partial charge in [-0.1, -0.05) is 42.5 Å². The molecule has 1 spiro atoms. The third kappa shape index (κ3) is 4.66. The molecule has 10 nitrogen and oxygen atoms in total. The van der Waals surface area contributed by atoms with E-state index in [-0.39, 0.29) is 18.1 Å². The number of fused-ring (bicyclic) bond motifs is 3. The Hall–Kier alpha value is -4.39. The van der Waals surface area contributed by atoms with E-state index in [1.807, 2.05) is 73.7 Å². The molecule has 3 aromatic carbocycles. The maximum atomic E-state index is 16.3. The number of hydrogen-bond donors (Lipinski definition) is 2. The summed E-state index contributed by atoms with van der Waals surface area (Å²) < 4.78 is 26.4. The Morgan fingerprint density at radius 2 is 1.80 bits per heavy atom. The summed E-state index contributed by atoms with van der Waals surface area (Å²) in [4.78, 5) is 29.9. The van der Waals surface area contributed by atoms with E-state index in [1.165, 1.54) is 4.68 Å². The molecule has 0 bridgehead atoms. The van der Waals surface area contributed by atoms with Crippen molar-refractivity contribution < 1.29 is 18.7 Å². The average molecular weight is 627 g/mol. The monoisotopic (exact) mass is 626 g/mol. The lowest BCUT2D eigenvalue weighted by molar-refractivity contribution is -0.145. The molecule has 7 rings (SSSR count). The molecule has 1 amide bonds. The molecule has 2 aromatic heterocycles. The number of nitrogens with zero attached hydrogens (tertiary/aromatic N) is 5. The van der Waals surface area contributed by atoms with Crippen molar-refractivity contribution in [3.63, 3.8) is 0 Å². The third-order valence-electron chi connectivity index (χ3n) is 9.31. The number of halogens is 1. The molecule has 5 aromatic rings. The summed E-state index contributed by atoms with van der Waals surface area (Å²) in [6, 6.07) is 22.2. The lowest BCUT2D eigenvalue weighted by Gasteiger charge is -2.31. The Morgan fingerprint density at radius 1 is 1.04 bits per heavy atom. The van der Waals surface area contributed by atoms with E-state index >= 15 is 4.11 Å². The SMILES string of the molecule is C[C@H]1[C@H]([Si](C)(C)F)[C@@H](CCn2cc(CCO)nn2)O[C@]12C(=O)N(c1ccccc1)c1ccc(-n3[nH]c4ccccc4c3=O)cc12. The molecular weight excluding hydrogens is 591 g/mol. The van der Waals surface area contributed by atoms with E-state index in [2.05, 4.69) is 15.4 Å². The van der Waals surface area contributed by atoms with E-state index < -0.39 is 31.6 Å². The number of aromatic amines is 1. The molecule has 1 saturated heterocycles. The molecule has 0 unspecified atom stereocenters. The standard InChI is InChI=1S/C33H35FN6O4Si/c1-21-30(45(2,3)34)29(15-17-38-20-22(16-18-41)35-37-38)44-33(21)26-19-24(40-31(42)25-11-7-8-12-27(25)36-40)13-14-28(26)39(32(33)43)23-9-5-4-6-10-23/h4-14,19-21,29-30,36,41H,15-18H2,1-3H3/t21-,29+,30-,33+/m0/s1. The number of aliphatic hydroxyl groups excluding tert-OH is 1. The molecule has 45 heavy (non-hydrogen) atoms. The van der Waals surface area contributed by atoms with Gasteiger partial charge in [-0.25, -0.2) is 4.68 Å². The first-order valence-electron chi connectivity index (χ1n) is 15.2. The normalized spacial score (nSPS) is 23.0. The fourth-order valence-electron chi connectivity index (χ4n) is 7.38. The van der Waals surface area contributed by atoms with E-state index in [9.17, 15) is 14.7 Å². The van der Waals surface area contributed by atoms with Crippen LogP contribution < -0.4 is 10.5 Å². The molecule has 232 valence electrons. The first-order chi connectivity index (χ1) is 21.6. The zero-order valence-corrected chi connectivity index (χ0v) is 26.4. The number of carbonyl (C=O) groups is 1. The zero-order chi connectivity index (χ0) is 31.5. The molecule has 2 N–H and O–H groups in total. The van der Waals surface area contributed by atoms with Gasteiger partial charge in [0, 0.05) is 48.5 Å². The van der Waals surface area contributed by atoms with E-state index in [0.717, 1.165) is 0 Å². The largest absolute Gasteiger partial charge is 0.396 e. The van der Waals surface area contributed by atoms with Gasteiger partial charge in [-0.2, -0.15) is 0 Å². The number of hydrogen-bond acceptors (Lipinski definition) is 6. The van der Waals surface area contributed by atoms with Crippen LogP contribution in [0.2, 0.25) is 18.6 Å². The Bertz CT molecular complexity index is 1950. The fraction of sp³-hybridized carbons (Fsp3) is 0.333. The van der Waals surface area contributed by atoms with Gasteiger partial charge < -0.3 is 14.0 Å². The minimum Gasteiger partial charge on any atom is -0.396 e. The van der Waals surface area contributed by atoms with E-state index in [4.69, 9.17) is 4.74 Å². The number of para-hydroxylation sites is 2. The molecule has 0 radical (unpaired) electrons. The molecular formula is C33H35FN6O4Si. The number of amides is 1. The molecule has 4 atom stereocenters. The Morgan fingerprint density at radius 3 is 2.53 bits per heavy atom. The topological polar surface area (TPSA) is 118 Å². The van der Waals surface area contributed by atoms with Gasteiger partial charge in [0.05, 0.1) is 34.1 Å². The van der Waals surface area contributed by atoms with Gasteiger partial charge in [0.25, 0.3) is 11.5 Å². The van der Waals surface area contributed by atoms with Crippen molar-refractivity contribution in [2.45, 2.75) is 56.7 Å². The summed E-state index contributed by atoms with van der Waals surface area (Å²) in [7, 11) is -3.39. The van der Waals surface area contributed by atoms with Crippen LogP contribution in [0.1, 0.15) is 24.6 Å². The number of benzene rings is 3. The van der Waals surface area contributed by atoms with Crippen LogP contribution in [0.5, 0.6) is 0 Å². The summed E-state index contributed by atoms with van der Waals surface area (Å²) in [5, 5.41) is 21.3. The Kier molecular flexibility index (Phi) is 7.10. The summed E-state index contributed by atoms with van der Waals surface area (Å²) in [5.41, 5.74) is 1.71. The van der Waals surface area contributed by atoms with Crippen LogP contribution in [0.4, 0.5) is 15.5 Å². The maximum absolute atomic E-state index is 16.3. The van der Waals surface area contributed by atoms with Crippen molar-refractivity contribution in [3.05, 3.63) is 101 Å². The molecule has 1 fully saturated rings. The predicted octanol–water partition coefficient (Wildman–Crippen LogP) is 4.99. The number of carbonyl (C=O) groups excluding carboxylic acids is 1. The second-order valence-corrected chi connectivity index (χ2v) is 16.3. The number of ether oxygens (including phenoxy) is 1. The van der Waals surface area contributed by atoms with Crippen molar-refractivity contribution >= 4 is 36.6 Å². The number of anilines is 2. The van der Waals surface area contributed by atoms with Crippen LogP contribution >= 0.6 is 0 Å². The van der Waals surface area contributed by atoms with Gasteiger partial charge in [0.1, 0.15) is 0 Å². The number of aliphatic hydroxyl groups is 1. The van der Waals surface area contributed by atoms with Gasteiger partial charge in [-0.3, -0.25) is 24.3 Å². The van der Waals surface area contributed by atoms with Crippen molar-refractivity contribution in [3.8, 4) is 5.69 Å². The molecule has 12 heteroatoms. The van der Waals surface area contributed by atoms with Crippen LogP contribution in [0.3, 0.4) is 0 Å². The highest BCUT2D eigenvalue weighted by Gasteiger charge is 2.67. The van der Waals surface area contributed by atoms with Crippen molar-refractivity contribution in [2.24, 2.45) is 5.92 Å². The second kappa shape index (κ2) is 10.9. The van der Waals surface area contributed by atoms with Gasteiger partial charge in [0.15, 0.2) is 5.60 Å². The lowest BCUT2D eigenvalue weighted by Crippen LogP contribution is -2.44. The average Bonchev–Trinajstić information content (AvgIpc) is 3.76. The van der Waals surface area contributed by atoms with Crippen LogP contribution in [0.15, 0.2) is 83.8 Å².